The monoisotopic (exact) mass is 444 g/mol. The lowest BCUT2D eigenvalue weighted by Gasteiger charge is -2.17. The fraction of sp³-hybridized carbons (Fsp3) is 0.381. The van der Waals surface area contributed by atoms with Gasteiger partial charge in [-0.2, -0.15) is 5.10 Å². The second-order valence-electron chi connectivity index (χ2n) is 8.22. The number of anilines is 1. The van der Waals surface area contributed by atoms with Crippen LogP contribution >= 0.6 is 0 Å². The fourth-order valence-corrected chi connectivity index (χ4v) is 4.23. The zero-order valence-electron chi connectivity index (χ0n) is 18.3. The van der Waals surface area contributed by atoms with E-state index in [2.05, 4.69) is 19.8 Å². The van der Waals surface area contributed by atoms with Crippen molar-refractivity contribution in [2.24, 2.45) is 7.05 Å². The number of nitrogen functional groups attached to an aromatic ring is 1. The molecule has 0 saturated heterocycles. The first kappa shape index (κ1) is 22.9. The summed E-state index contributed by atoms with van der Waals surface area (Å²) in [4.78, 5) is 9.05. The number of nitrogens with one attached hydrogen (secondary N) is 1. The van der Waals surface area contributed by atoms with Gasteiger partial charge in [0.15, 0.2) is 5.82 Å². The van der Waals surface area contributed by atoms with Gasteiger partial charge in [0.05, 0.1) is 33.8 Å². The highest BCUT2D eigenvalue weighted by molar-refractivity contribution is 7.89. The molecule has 0 aliphatic heterocycles. The first-order valence-corrected chi connectivity index (χ1v) is 11.3. The predicted molar refractivity (Wildman–Crippen MR) is 120 cm³/mol. The summed E-state index contributed by atoms with van der Waals surface area (Å²) in [6.07, 6.45) is 1.82. The maximum atomic E-state index is 12.7. The standard InChI is InChI=1S/C21H28N6O3S/c1-13-6-7-15(31(29,30)24-9-8-21(3,4)28)11-16(13)17-12-23-20(22)19(25-17)18-10-14(2)26-27(18)5/h6-7,10-12,24,28H,8-9H2,1-5H3,(H2,22,23). The number of aryl methyl sites for hydroxylation is 3. The van der Waals surface area contributed by atoms with Gasteiger partial charge in [0.25, 0.3) is 0 Å². The molecule has 0 amide bonds. The Morgan fingerprint density at radius 3 is 2.55 bits per heavy atom. The Balaban J connectivity index is 1.99. The van der Waals surface area contributed by atoms with Crippen LogP contribution in [0.3, 0.4) is 0 Å². The SMILES string of the molecule is Cc1cc(-c2nc(-c3cc(S(=O)(=O)NCCC(C)(C)O)ccc3C)cnc2N)n(C)n1. The Bertz CT molecular complexity index is 1210. The molecular weight excluding hydrogens is 416 g/mol. The third kappa shape index (κ3) is 5.27. The molecule has 2 aromatic heterocycles. The van der Waals surface area contributed by atoms with Crippen LogP contribution in [0.25, 0.3) is 22.6 Å². The molecule has 0 aliphatic rings. The van der Waals surface area contributed by atoms with Gasteiger partial charge in [0, 0.05) is 19.2 Å². The highest BCUT2D eigenvalue weighted by Gasteiger charge is 2.20. The summed E-state index contributed by atoms with van der Waals surface area (Å²) in [5, 5.41) is 14.1. The van der Waals surface area contributed by atoms with E-state index in [1.165, 1.54) is 6.20 Å². The smallest absolute Gasteiger partial charge is 0.240 e. The second-order valence-corrected chi connectivity index (χ2v) is 9.99. The minimum absolute atomic E-state index is 0.111. The number of aliphatic hydroxyl groups is 1. The number of nitrogens with two attached hydrogens (primary N) is 1. The van der Waals surface area contributed by atoms with E-state index in [9.17, 15) is 13.5 Å². The zero-order chi connectivity index (χ0) is 23.0. The van der Waals surface area contributed by atoms with Crippen LogP contribution in [0.5, 0.6) is 0 Å². The molecule has 0 spiro atoms. The van der Waals surface area contributed by atoms with Crippen molar-refractivity contribution in [2.75, 3.05) is 12.3 Å². The zero-order valence-corrected chi connectivity index (χ0v) is 19.2. The number of hydrogen-bond donors (Lipinski definition) is 3. The molecule has 0 radical (unpaired) electrons. The average molecular weight is 445 g/mol. The summed E-state index contributed by atoms with van der Waals surface area (Å²) in [5.41, 5.74) is 9.13. The van der Waals surface area contributed by atoms with Crippen molar-refractivity contribution < 1.29 is 13.5 Å². The average Bonchev–Trinajstić information content (AvgIpc) is 2.99. The van der Waals surface area contributed by atoms with E-state index in [0.29, 0.717) is 23.4 Å². The van der Waals surface area contributed by atoms with Crippen molar-refractivity contribution >= 4 is 15.8 Å². The lowest BCUT2D eigenvalue weighted by Crippen LogP contribution is -2.30. The highest BCUT2D eigenvalue weighted by Crippen LogP contribution is 2.29. The number of nitrogens with zero attached hydrogens (tertiary/aromatic N) is 4. The topological polar surface area (TPSA) is 136 Å². The van der Waals surface area contributed by atoms with Crippen LogP contribution in [0.1, 0.15) is 31.5 Å². The van der Waals surface area contributed by atoms with Gasteiger partial charge in [-0.15, -0.1) is 0 Å². The van der Waals surface area contributed by atoms with Crippen molar-refractivity contribution in [3.05, 3.63) is 41.7 Å². The quantitative estimate of drug-likeness (QED) is 0.508. The van der Waals surface area contributed by atoms with Crippen LogP contribution in [0, 0.1) is 13.8 Å². The van der Waals surface area contributed by atoms with Gasteiger partial charge in [-0.05, 0) is 57.9 Å². The maximum absolute atomic E-state index is 12.7. The lowest BCUT2D eigenvalue weighted by atomic mass is 10.1. The van der Waals surface area contributed by atoms with Gasteiger partial charge in [-0.25, -0.2) is 23.1 Å². The summed E-state index contributed by atoms with van der Waals surface area (Å²) < 4.78 is 29.7. The first-order chi connectivity index (χ1) is 14.4. The van der Waals surface area contributed by atoms with Crippen LogP contribution in [0.2, 0.25) is 0 Å². The van der Waals surface area contributed by atoms with E-state index in [1.807, 2.05) is 19.9 Å². The van der Waals surface area contributed by atoms with Crippen molar-refractivity contribution in [2.45, 2.75) is 44.6 Å². The number of benzene rings is 1. The summed E-state index contributed by atoms with van der Waals surface area (Å²) in [5.74, 6) is 0.265. The lowest BCUT2D eigenvalue weighted by molar-refractivity contribution is 0.0728. The molecule has 0 fully saturated rings. The molecule has 166 valence electrons. The van der Waals surface area contributed by atoms with Crippen LogP contribution in [0.4, 0.5) is 5.82 Å². The predicted octanol–water partition coefficient (Wildman–Crippen LogP) is 2.18. The van der Waals surface area contributed by atoms with Crippen molar-refractivity contribution in [3.8, 4) is 22.6 Å². The van der Waals surface area contributed by atoms with Crippen LogP contribution in [0.15, 0.2) is 35.4 Å². The third-order valence-electron chi connectivity index (χ3n) is 4.87. The Morgan fingerprint density at radius 1 is 1.23 bits per heavy atom. The van der Waals surface area contributed by atoms with Crippen LogP contribution in [-0.4, -0.2) is 45.4 Å². The normalized spacial score (nSPS) is 12.3. The molecule has 0 unspecified atom stereocenters. The highest BCUT2D eigenvalue weighted by atomic mass is 32.2. The molecule has 3 rings (SSSR count). The van der Waals surface area contributed by atoms with Gasteiger partial charge >= 0.3 is 0 Å². The molecule has 1 aromatic carbocycles. The molecule has 0 atom stereocenters. The molecule has 10 heteroatoms. The number of aromatic nitrogens is 4. The third-order valence-corrected chi connectivity index (χ3v) is 6.33. The van der Waals surface area contributed by atoms with E-state index in [4.69, 9.17) is 5.73 Å². The van der Waals surface area contributed by atoms with E-state index < -0.39 is 15.6 Å². The summed E-state index contributed by atoms with van der Waals surface area (Å²) >= 11 is 0. The molecule has 0 aliphatic carbocycles. The molecular formula is C21H28N6O3S. The molecule has 2 heterocycles. The van der Waals surface area contributed by atoms with Gasteiger partial charge in [-0.1, -0.05) is 6.07 Å². The van der Waals surface area contributed by atoms with Crippen LogP contribution < -0.4 is 10.5 Å². The second kappa shape index (κ2) is 8.37. The summed E-state index contributed by atoms with van der Waals surface area (Å²) in [6, 6.07) is 6.71. The number of sulfonamides is 1. The minimum Gasteiger partial charge on any atom is -0.390 e. The van der Waals surface area contributed by atoms with E-state index >= 15 is 0 Å². The summed E-state index contributed by atoms with van der Waals surface area (Å²) in [7, 11) is -1.95. The van der Waals surface area contributed by atoms with E-state index in [1.54, 1.807) is 43.8 Å². The van der Waals surface area contributed by atoms with Crippen molar-refractivity contribution in [3.63, 3.8) is 0 Å². The Kier molecular flexibility index (Phi) is 6.17. The molecule has 0 saturated carbocycles. The molecule has 31 heavy (non-hydrogen) atoms. The fourth-order valence-electron chi connectivity index (χ4n) is 3.17. The van der Waals surface area contributed by atoms with Crippen LogP contribution in [-0.2, 0) is 17.1 Å². The Morgan fingerprint density at radius 2 is 1.94 bits per heavy atom. The van der Waals surface area contributed by atoms with Gasteiger partial charge in [0.2, 0.25) is 10.0 Å². The maximum Gasteiger partial charge on any atom is 0.240 e. The molecule has 0 bridgehead atoms. The van der Waals surface area contributed by atoms with E-state index in [-0.39, 0.29) is 17.3 Å². The van der Waals surface area contributed by atoms with Gasteiger partial charge in [0.1, 0.15) is 5.69 Å². The minimum atomic E-state index is -3.75. The number of hydrogen-bond acceptors (Lipinski definition) is 7. The number of rotatable bonds is 7. The molecule has 4 N–H and O–H groups in total. The van der Waals surface area contributed by atoms with Crippen molar-refractivity contribution in [1.29, 1.82) is 0 Å². The molecule has 3 aromatic rings. The van der Waals surface area contributed by atoms with Crippen molar-refractivity contribution in [1.82, 2.24) is 24.5 Å². The molecule has 9 nitrogen and oxygen atoms in total. The Hall–Kier alpha value is -2.82. The first-order valence-electron chi connectivity index (χ1n) is 9.84. The largest absolute Gasteiger partial charge is 0.390 e. The Labute approximate surface area is 182 Å². The van der Waals surface area contributed by atoms with E-state index in [0.717, 1.165) is 17.0 Å². The van der Waals surface area contributed by atoms with Gasteiger partial charge < -0.3 is 10.8 Å². The summed E-state index contributed by atoms with van der Waals surface area (Å²) in [6.45, 7) is 7.14. The van der Waals surface area contributed by atoms with Gasteiger partial charge in [-0.3, -0.25) is 4.68 Å².